The largest absolute Gasteiger partial charge is 0.325 e. The molecule has 0 spiro atoms. The van der Waals surface area contributed by atoms with E-state index in [4.69, 9.17) is 11.6 Å². The lowest BCUT2D eigenvalue weighted by molar-refractivity contribution is -0.113. The van der Waals surface area contributed by atoms with E-state index in [0.29, 0.717) is 18.8 Å². The summed E-state index contributed by atoms with van der Waals surface area (Å²) in [6, 6.07) is 6.07. The van der Waals surface area contributed by atoms with Crippen LogP contribution in [0, 0.1) is 0 Å². The fourth-order valence-corrected chi connectivity index (χ4v) is 3.17. The summed E-state index contributed by atoms with van der Waals surface area (Å²) >= 11 is 5.36. The minimum atomic E-state index is -3.36. The molecule has 1 amide bonds. The molecule has 0 aliphatic carbocycles. The van der Waals surface area contributed by atoms with Crippen LogP contribution in [0.25, 0.3) is 0 Å². The van der Waals surface area contributed by atoms with Gasteiger partial charge in [0.25, 0.3) is 0 Å². The molecule has 1 heterocycles. The summed E-state index contributed by atoms with van der Waals surface area (Å²) in [7, 11) is -3.36. The van der Waals surface area contributed by atoms with Crippen molar-refractivity contribution in [1.29, 1.82) is 0 Å². The maximum atomic E-state index is 12.0. The molecule has 0 unspecified atom stereocenters. The van der Waals surface area contributed by atoms with Crippen molar-refractivity contribution in [2.24, 2.45) is 0 Å². The first-order valence-electron chi connectivity index (χ1n) is 5.50. The fourth-order valence-electron chi connectivity index (χ4n) is 1.58. The number of sulfonamides is 1. The molecule has 1 aliphatic rings. The summed E-state index contributed by atoms with van der Waals surface area (Å²) < 4.78 is 25.5. The van der Waals surface area contributed by atoms with Crippen molar-refractivity contribution in [1.82, 2.24) is 4.31 Å². The predicted molar refractivity (Wildman–Crippen MR) is 69.2 cm³/mol. The average Bonchev–Trinajstić information content (AvgIpc) is 2.26. The number of anilines is 1. The molecule has 1 aromatic rings. The second kappa shape index (κ2) is 5.26. The molecule has 1 aromatic carbocycles. The lowest BCUT2D eigenvalue weighted by Crippen LogP contribution is -2.41. The van der Waals surface area contributed by atoms with Crippen molar-refractivity contribution >= 4 is 33.2 Å². The number of alkyl halides is 1. The number of rotatable bonds is 4. The van der Waals surface area contributed by atoms with E-state index in [2.05, 4.69) is 5.32 Å². The molecule has 1 saturated heterocycles. The molecular weight excluding hydrogens is 276 g/mol. The summed E-state index contributed by atoms with van der Waals surface area (Å²) in [5.41, 5.74) is 0.531. The van der Waals surface area contributed by atoms with E-state index >= 15 is 0 Å². The monoisotopic (exact) mass is 288 g/mol. The first kappa shape index (κ1) is 13.3. The number of hydrogen-bond donors (Lipinski definition) is 1. The van der Waals surface area contributed by atoms with E-state index in [-0.39, 0.29) is 16.7 Å². The van der Waals surface area contributed by atoms with Crippen molar-refractivity contribution in [3.8, 4) is 0 Å². The van der Waals surface area contributed by atoms with Crippen LogP contribution < -0.4 is 5.32 Å². The Morgan fingerprint density at radius 3 is 2.33 bits per heavy atom. The van der Waals surface area contributed by atoms with Crippen molar-refractivity contribution in [2.45, 2.75) is 11.3 Å². The van der Waals surface area contributed by atoms with Gasteiger partial charge >= 0.3 is 0 Å². The first-order valence-corrected chi connectivity index (χ1v) is 7.47. The molecule has 2 rings (SSSR count). The molecule has 0 aromatic heterocycles. The zero-order valence-corrected chi connectivity index (χ0v) is 11.2. The van der Waals surface area contributed by atoms with Crippen LogP contribution in [0.2, 0.25) is 0 Å². The lowest BCUT2D eigenvalue weighted by Gasteiger charge is -2.29. The number of amides is 1. The van der Waals surface area contributed by atoms with Gasteiger partial charge in [0.1, 0.15) is 5.88 Å². The van der Waals surface area contributed by atoms with Crippen molar-refractivity contribution in [3.05, 3.63) is 24.3 Å². The summed E-state index contributed by atoms with van der Waals surface area (Å²) in [4.78, 5) is 11.3. The SMILES string of the molecule is O=C(CCl)Nc1ccc(S(=O)(=O)N2CCC2)cc1. The minimum Gasteiger partial charge on any atom is -0.325 e. The number of hydrogen-bond acceptors (Lipinski definition) is 3. The molecule has 0 radical (unpaired) electrons. The van der Waals surface area contributed by atoms with Crippen molar-refractivity contribution in [3.63, 3.8) is 0 Å². The number of nitrogens with one attached hydrogen (secondary N) is 1. The van der Waals surface area contributed by atoms with Gasteiger partial charge in [-0.1, -0.05) is 0 Å². The van der Waals surface area contributed by atoms with E-state index in [1.807, 2.05) is 0 Å². The third-order valence-corrected chi connectivity index (χ3v) is 4.87. The Kier molecular flexibility index (Phi) is 3.89. The fraction of sp³-hybridized carbons (Fsp3) is 0.364. The van der Waals surface area contributed by atoms with Gasteiger partial charge in [0, 0.05) is 18.8 Å². The Hall–Kier alpha value is -1.11. The third-order valence-electron chi connectivity index (χ3n) is 2.71. The van der Waals surface area contributed by atoms with Gasteiger partial charge in [-0.05, 0) is 30.7 Å². The van der Waals surface area contributed by atoms with Gasteiger partial charge in [-0.2, -0.15) is 4.31 Å². The maximum absolute atomic E-state index is 12.0. The molecule has 1 fully saturated rings. The maximum Gasteiger partial charge on any atom is 0.243 e. The van der Waals surface area contributed by atoms with E-state index in [0.717, 1.165) is 6.42 Å². The lowest BCUT2D eigenvalue weighted by atomic mass is 10.3. The van der Waals surface area contributed by atoms with Crippen molar-refractivity contribution < 1.29 is 13.2 Å². The van der Waals surface area contributed by atoms with Crippen molar-refractivity contribution in [2.75, 3.05) is 24.3 Å². The molecule has 7 heteroatoms. The highest BCUT2D eigenvalue weighted by molar-refractivity contribution is 7.89. The van der Waals surface area contributed by atoms with Crippen LogP contribution in [0.15, 0.2) is 29.2 Å². The predicted octanol–water partition coefficient (Wildman–Crippen LogP) is 1.26. The van der Waals surface area contributed by atoms with E-state index < -0.39 is 10.0 Å². The highest BCUT2D eigenvalue weighted by Crippen LogP contribution is 2.22. The summed E-state index contributed by atoms with van der Waals surface area (Å²) in [5.74, 6) is -0.455. The molecule has 98 valence electrons. The highest BCUT2D eigenvalue weighted by atomic mass is 35.5. The van der Waals surface area contributed by atoms with Gasteiger partial charge in [-0.3, -0.25) is 4.79 Å². The summed E-state index contributed by atoms with van der Waals surface area (Å²) in [6.45, 7) is 1.15. The van der Waals surface area contributed by atoms with Gasteiger partial charge in [-0.25, -0.2) is 8.42 Å². The Morgan fingerprint density at radius 2 is 1.89 bits per heavy atom. The smallest absolute Gasteiger partial charge is 0.243 e. The first-order chi connectivity index (χ1) is 8.54. The Bertz CT molecular complexity index is 538. The van der Waals surface area contributed by atoms with Gasteiger partial charge in [0.05, 0.1) is 4.90 Å². The Balaban J connectivity index is 2.14. The number of benzene rings is 1. The topological polar surface area (TPSA) is 66.5 Å². The molecule has 18 heavy (non-hydrogen) atoms. The summed E-state index contributed by atoms with van der Waals surface area (Å²) in [6.07, 6.45) is 0.906. The van der Waals surface area contributed by atoms with E-state index in [1.54, 1.807) is 12.1 Å². The quantitative estimate of drug-likeness (QED) is 0.848. The van der Waals surface area contributed by atoms with E-state index in [1.165, 1.54) is 16.4 Å². The van der Waals surface area contributed by atoms with Gasteiger partial charge in [0.2, 0.25) is 15.9 Å². The van der Waals surface area contributed by atoms with Crippen LogP contribution in [-0.2, 0) is 14.8 Å². The summed E-state index contributed by atoms with van der Waals surface area (Å²) in [5, 5.41) is 2.55. The van der Waals surface area contributed by atoms with Gasteiger partial charge in [0.15, 0.2) is 0 Å². The van der Waals surface area contributed by atoms with Crippen LogP contribution >= 0.6 is 11.6 Å². The van der Waals surface area contributed by atoms with Crippen LogP contribution in [0.5, 0.6) is 0 Å². The van der Waals surface area contributed by atoms with Gasteiger partial charge < -0.3 is 5.32 Å². The van der Waals surface area contributed by atoms with Crippen LogP contribution in [0.1, 0.15) is 6.42 Å². The standard InChI is InChI=1S/C11H13ClN2O3S/c12-8-11(15)13-9-2-4-10(5-3-9)18(16,17)14-6-1-7-14/h2-5H,1,6-8H2,(H,13,15). The second-order valence-corrected chi connectivity index (χ2v) is 6.17. The normalized spacial score (nSPS) is 16.1. The number of carbonyl (C=O) groups is 1. The number of nitrogens with zero attached hydrogens (tertiary/aromatic N) is 1. The Labute approximate surface area is 111 Å². The Morgan fingerprint density at radius 1 is 1.28 bits per heavy atom. The zero-order chi connectivity index (χ0) is 13.2. The molecule has 5 nitrogen and oxygen atoms in total. The van der Waals surface area contributed by atoms with Gasteiger partial charge in [-0.15, -0.1) is 11.6 Å². The highest BCUT2D eigenvalue weighted by Gasteiger charge is 2.28. The van der Waals surface area contributed by atoms with Crippen LogP contribution in [-0.4, -0.2) is 37.6 Å². The molecule has 0 saturated carbocycles. The third kappa shape index (κ3) is 2.66. The number of halogens is 1. The molecule has 0 atom stereocenters. The molecule has 1 N–H and O–H groups in total. The second-order valence-electron chi connectivity index (χ2n) is 3.96. The van der Waals surface area contributed by atoms with E-state index in [9.17, 15) is 13.2 Å². The van der Waals surface area contributed by atoms with Crippen LogP contribution in [0.4, 0.5) is 5.69 Å². The molecule has 1 aliphatic heterocycles. The molecular formula is C11H13ClN2O3S. The minimum absolute atomic E-state index is 0.131. The average molecular weight is 289 g/mol. The molecule has 0 bridgehead atoms. The van der Waals surface area contributed by atoms with Crippen LogP contribution in [0.3, 0.4) is 0 Å². The number of carbonyl (C=O) groups excluding carboxylic acids is 1. The zero-order valence-electron chi connectivity index (χ0n) is 9.60.